The van der Waals surface area contributed by atoms with E-state index in [1.54, 1.807) is 36.4 Å². The molecule has 4 rings (SSSR count). The second-order valence-corrected chi connectivity index (χ2v) is 7.91. The molecule has 2 heterocycles. The van der Waals surface area contributed by atoms with Gasteiger partial charge in [-0.2, -0.15) is 0 Å². The number of carbonyl (C=O) groups is 1. The molecule has 5 nitrogen and oxygen atoms in total. The Labute approximate surface area is 178 Å². The Morgan fingerprint density at radius 1 is 1.17 bits per heavy atom. The number of carbonyl (C=O) groups excluding carboxylic acids is 1. The van der Waals surface area contributed by atoms with Crippen molar-refractivity contribution in [3.8, 4) is 0 Å². The van der Waals surface area contributed by atoms with E-state index in [0.717, 1.165) is 30.4 Å². The number of benzene rings is 2. The van der Waals surface area contributed by atoms with E-state index in [-0.39, 0.29) is 17.6 Å². The molecule has 29 heavy (non-hydrogen) atoms. The molecule has 1 unspecified atom stereocenters. The molecule has 1 aliphatic rings. The molecule has 7 heteroatoms. The van der Waals surface area contributed by atoms with Gasteiger partial charge in [-0.15, -0.1) is 0 Å². The smallest absolute Gasteiger partial charge is 0.256 e. The van der Waals surface area contributed by atoms with Crippen LogP contribution in [0.2, 0.25) is 10.0 Å². The van der Waals surface area contributed by atoms with Crippen LogP contribution < -0.4 is 10.9 Å². The Kier molecular flexibility index (Phi) is 5.90. The number of hydrogen-bond donors (Lipinski definition) is 1. The molecule has 0 radical (unpaired) electrons. The highest BCUT2D eigenvalue weighted by Gasteiger charge is 2.18. The molecular formula is C22H20Cl2N2O3. The van der Waals surface area contributed by atoms with Crippen LogP contribution in [0.4, 0.5) is 5.69 Å². The van der Waals surface area contributed by atoms with Gasteiger partial charge in [0.2, 0.25) is 5.55 Å². The molecule has 1 aromatic heterocycles. The van der Waals surface area contributed by atoms with Crippen molar-refractivity contribution in [2.24, 2.45) is 4.99 Å². The minimum absolute atomic E-state index is 0.0429. The third-order valence-corrected chi connectivity index (χ3v) is 5.33. The van der Waals surface area contributed by atoms with E-state index >= 15 is 0 Å². The average molecular weight is 431 g/mol. The average Bonchev–Trinajstić information content (AvgIpc) is 3.22. The summed E-state index contributed by atoms with van der Waals surface area (Å²) in [4.78, 5) is 17.5. The Balaban J connectivity index is 1.79. The van der Waals surface area contributed by atoms with Gasteiger partial charge < -0.3 is 14.5 Å². The highest BCUT2D eigenvalue weighted by Crippen LogP contribution is 2.24. The summed E-state index contributed by atoms with van der Waals surface area (Å²) in [5.41, 5.74) is 2.70. The predicted molar refractivity (Wildman–Crippen MR) is 114 cm³/mol. The highest BCUT2D eigenvalue weighted by molar-refractivity contribution is 6.31. The molecule has 1 atom stereocenters. The van der Waals surface area contributed by atoms with Crippen LogP contribution >= 0.6 is 23.2 Å². The number of rotatable bonds is 4. The van der Waals surface area contributed by atoms with Gasteiger partial charge in [0.25, 0.3) is 5.91 Å². The molecule has 0 spiro atoms. The van der Waals surface area contributed by atoms with Crippen LogP contribution in [-0.2, 0) is 4.74 Å². The lowest BCUT2D eigenvalue weighted by Crippen LogP contribution is -2.34. The minimum atomic E-state index is -0.274. The molecule has 0 aliphatic carbocycles. The van der Waals surface area contributed by atoms with Crippen LogP contribution in [0.15, 0.2) is 51.9 Å². The highest BCUT2D eigenvalue weighted by atomic mass is 35.5. The SMILES string of the molecule is Cc1ccc(Cl)cc1N=c1oc2ccc(Cl)cc2cc1C(=O)NCC1CCCO1. The molecule has 3 aromatic rings. The summed E-state index contributed by atoms with van der Waals surface area (Å²) in [5.74, 6) is -0.274. The van der Waals surface area contributed by atoms with Crippen LogP contribution in [0.1, 0.15) is 28.8 Å². The van der Waals surface area contributed by atoms with Crippen molar-refractivity contribution in [1.29, 1.82) is 0 Å². The zero-order valence-electron chi connectivity index (χ0n) is 15.9. The lowest BCUT2D eigenvalue weighted by atomic mass is 10.1. The first-order chi connectivity index (χ1) is 14.0. The first-order valence-corrected chi connectivity index (χ1v) is 10.2. The van der Waals surface area contributed by atoms with Crippen LogP contribution in [0.25, 0.3) is 11.0 Å². The standard InChI is InChI=1S/C22H20Cl2N2O3/c1-13-4-5-16(24)11-19(13)26-22-18(21(27)25-12-17-3-2-8-28-17)10-14-9-15(23)6-7-20(14)29-22/h4-7,9-11,17H,2-3,8,12H2,1H3,(H,25,27). The third-order valence-electron chi connectivity index (χ3n) is 4.86. The summed E-state index contributed by atoms with van der Waals surface area (Å²) in [6.07, 6.45) is 2.00. The van der Waals surface area contributed by atoms with E-state index < -0.39 is 0 Å². The second-order valence-electron chi connectivity index (χ2n) is 7.04. The van der Waals surface area contributed by atoms with E-state index in [4.69, 9.17) is 32.4 Å². The molecule has 1 N–H and O–H groups in total. The maximum absolute atomic E-state index is 12.9. The zero-order chi connectivity index (χ0) is 20.4. The predicted octanol–water partition coefficient (Wildman–Crippen LogP) is 5.19. The summed E-state index contributed by atoms with van der Waals surface area (Å²) in [5, 5.41) is 4.78. The Morgan fingerprint density at radius 2 is 1.97 bits per heavy atom. The number of fused-ring (bicyclic) bond motifs is 1. The monoisotopic (exact) mass is 430 g/mol. The zero-order valence-corrected chi connectivity index (χ0v) is 17.4. The summed E-state index contributed by atoms with van der Waals surface area (Å²) < 4.78 is 11.6. The van der Waals surface area contributed by atoms with Gasteiger partial charge in [0, 0.05) is 28.6 Å². The first kappa shape index (κ1) is 20.0. The van der Waals surface area contributed by atoms with Gasteiger partial charge in [0.05, 0.1) is 11.8 Å². The second kappa shape index (κ2) is 8.57. The van der Waals surface area contributed by atoms with Crippen molar-refractivity contribution in [2.45, 2.75) is 25.9 Å². The Hall–Kier alpha value is -2.34. The molecule has 1 amide bonds. The maximum Gasteiger partial charge on any atom is 0.256 e. The summed E-state index contributed by atoms with van der Waals surface area (Å²) in [7, 11) is 0. The lowest BCUT2D eigenvalue weighted by molar-refractivity contribution is 0.0854. The van der Waals surface area contributed by atoms with E-state index in [0.29, 0.717) is 33.4 Å². The van der Waals surface area contributed by atoms with Gasteiger partial charge in [-0.05, 0) is 61.7 Å². The number of hydrogen-bond acceptors (Lipinski definition) is 4. The van der Waals surface area contributed by atoms with Crippen molar-refractivity contribution in [2.75, 3.05) is 13.2 Å². The number of amides is 1. The topological polar surface area (TPSA) is 63.8 Å². The normalized spacial score (nSPS) is 17.1. The fourth-order valence-electron chi connectivity index (χ4n) is 3.27. The number of nitrogens with one attached hydrogen (secondary N) is 1. The van der Waals surface area contributed by atoms with Crippen molar-refractivity contribution in [1.82, 2.24) is 5.32 Å². The molecule has 1 fully saturated rings. The van der Waals surface area contributed by atoms with Crippen molar-refractivity contribution < 1.29 is 13.9 Å². The fourth-order valence-corrected chi connectivity index (χ4v) is 3.61. The van der Waals surface area contributed by atoms with Gasteiger partial charge in [-0.1, -0.05) is 29.3 Å². The molecule has 0 bridgehead atoms. The van der Waals surface area contributed by atoms with E-state index in [1.807, 2.05) is 13.0 Å². The van der Waals surface area contributed by atoms with Gasteiger partial charge >= 0.3 is 0 Å². The molecular weight excluding hydrogens is 411 g/mol. The molecule has 2 aromatic carbocycles. The summed E-state index contributed by atoms with van der Waals surface area (Å²) in [6, 6.07) is 12.4. The molecule has 150 valence electrons. The molecule has 1 aliphatic heterocycles. The van der Waals surface area contributed by atoms with E-state index in [9.17, 15) is 4.79 Å². The van der Waals surface area contributed by atoms with Gasteiger partial charge in [-0.3, -0.25) is 4.79 Å². The number of aryl methyl sites for hydroxylation is 1. The third kappa shape index (κ3) is 4.64. The number of nitrogens with zero attached hydrogens (tertiary/aromatic N) is 1. The lowest BCUT2D eigenvalue weighted by Gasteiger charge is -2.11. The number of ether oxygens (including phenoxy) is 1. The van der Waals surface area contributed by atoms with Gasteiger partial charge in [0.15, 0.2) is 0 Å². The van der Waals surface area contributed by atoms with Gasteiger partial charge in [0.1, 0.15) is 11.1 Å². The van der Waals surface area contributed by atoms with E-state index in [1.165, 1.54) is 0 Å². The summed E-state index contributed by atoms with van der Waals surface area (Å²) >= 11 is 12.2. The van der Waals surface area contributed by atoms with Crippen LogP contribution in [0, 0.1) is 6.92 Å². The fraction of sp³-hybridized carbons (Fsp3) is 0.273. The molecule has 1 saturated heterocycles. The minimum Gasteiger partial charge on any atom is -0.438 e. The largest absolute Gasteiger partial charge is 0.438 e. The Bertz CT molecular complexity index is 1130. The van der Waals surface area contributed by atoms with Crippen LogP contribution in [0.5, 0.6) is 0 Å². The van der Waals surface area contributed by atoms with Gasteiger partial charge in [-0.25, -0.2) is 4.99 Å². The van der Waals surface area contributed by atoms with Crippen molar-refractivity contribution in [3.63, 3.8) is 0 Å². The van der Waals surface area contributed by atoms with E-state index in [2.05, 4.69) is 10.3 Å². The first-order valence-electron chi connectivity index (χ1n) is 9.44. The van der Waals surface area contributed by atoms with Crippen molar-refractivity contribution in [3.05, 3.63) is 69.2 Å². The van der Waals surface area contributed by atoms with Crippen LogP contribution in [0.3, 0.4) is 0 Å². The summed E-state index contributed by atoms with van der Waals surface area (Å²) in [6.45, 7) is 3.11. The van der Waals surface area contributed by atoms with Crippen LogP contribution in [-0.4, -0.2) is 25.2 Å². The van der Waals surface area contributed by atoms with Crippen molar-refractivity contribution >= 4 is 45.8 Å². The maximum atomic E-state index is 12.9. The number of halogens is 2. The quantitative estimate of drug-likeness (QED) is 0.619. The molecule has 0 saturated carbocycles. The Morgan fingerprint density at radius 3 is 2.76 bits per heavy atom.